The average molecular weight is 357 g/mol. The highest BCUT2D eigenvalue weighted by Gasteiger charge is 2.28. The van der Waals surface area contributed by atoms with Crippen LogP contribution in [0.3, 0.4) is 0 Å². The van der Waals surface area contributed by atoms with Crippen LogP contribution in [-0.4, -0.2) is 31.7 Å². The van der Waals surface area contributed by atoms with Gasteiger partial charge in [0.05, 0.1) is 12.6 Å². The summed E-state index contributed by atoms with van der Waals surface area (Å²) in [7, 11) is 1.58. The number of nitrogens with two attached hydrogens (primary N) is 1. The van der Waals surface area contributed by atoms with Crippen molar-refractivity contribution in [2.75, 3.05) is 20.3 Å². The van der Waals surface area contributed by atoms with Crippen LogP contribution in [0.15, 0.2) is 24.3 Å². The Labute approximate surface area is 151 Å². The Morgan fingerprint density at radius 3 is 2.54 bits per heavy atom. The molecule has 0 saturated heterocycles. The zero-order valence-electron chi connectivity index (χ0n) is 15.1. The smallest absolute Gasteiger partial charge is 0.258 e. The first-order valence-electron chi connectivity index (χ1n) is 7.81. The number of allylic oxidation sites excluding steroid dienone is 1. The van der Waals surface area contributed by atoms with Gasteiger partial charge in [-0.05, 0) is 37.5 Å². The van der Waals surface area contributed by atoms with E-state index >= 15 is 0 Å². The number of methoxy groups -OCH3 is 1. The lowest BCUT2D eigenvalue weighted by molar-refractivity contribution is -0.125. The molecule has 0 saturated carbocycles. The Morgan fingerprint density at radius 2 is 2.04 bits per heavy atom. The molecule has 0 bridgehead atoms. The Kier molecular flexibility index (Phi) is 9.48. The highest BCUT2D eigenvalue weighted by molar-refractivity contribution is 5.85. The second-order valence-electron chi connectivity index (χ2n) is 6.02. The van der Waals surface area contributed by atoms with Crippen molar-refractivity contribution in [1.82, 2.24) is 5.32 Å². The minimum absolute atomic E-state index is 0. The number of benzene rings is 1. The van der Waals surface area contributed by atoms with Crippen LogP contribution in [0.2, 0.25) is 0 Å². The third-order valence-electron chi connectivity index (χ3n) is 4.03. The molecule has 6 heteroatoms. The molecule has 0 aliphatic heterocycles. The van der Waals surface area contributed by atoms with Crippen LogP contribution in [-0.2, 0) is 4.79 Å². The second-order valence-corrected chi connectivity index (χ2v) is 6.02. The van der Waals surface area contributed by atoms with Crippen LogP contribution in [0.25, 0.3) is 6.08 Å². The van der Waals surface area contributed by atoms with Crippen LogP contribution in [0, 0.1) is 5.92 Å². The van der Waals surface area contributed by atoms with Crippen molar-refractivity contribution in [2.45, 2.75) is 33.2 Å². The normalized spacial score (nSPS) is 13.3. The maximum absolute atomic E-state index is 12.1. The number of carbonyl (C=O) groups excluding carboxylic acids is 1. The number of hydrogen-bond acceptors (Lipinski definition) is 4. The van der Waals surface area contributed by atoms with E-state index in [9.17, 15) is 4.79 Å². The monoisotopic (exact) mass is 356 g/mol. The molecule has 0 spiro atoms. The van der Waals surface area contributed by atoms with Crippen molar-refractivity contribution in [3.05, 3.63) is 29.8 Å². The number of carbonyl (C=O) groups is 1. The maximum atomic E-state index is 12.1. The van der Waals surface area contributed by atoms with E-state index in [1.807, 2.05) is 52.0 Å². The summed E-state index contributed by atoms with van der Waals surface area (Å²) in [6.07, 6.45) is 3.91. The van der Waals surface area contributed by atoms with E-state index < -0.39 is 5.54 Å². The van der Waals surface area contributed by atoms with Crippen molar-refractivity contribution in [2.24, 2.45) is 11.7 Å². The summed E-state index contributed by atoms with van der Waals surface area (Å²) < 4.78 is 10.9. The maximum Gasteiger partial charge on any atom is 0.258 e. The molecular formula is C18H29ClN2O3. The van der Waals surface area contributed by atoms with E-state index in [0.717, 1.165) is 5.56 Å². The molecule has 1 amide bonds. The fourth-order valence-corrected chi connectivity index (χ4v) is 2.03. The second kappa shape index (κ2) is 10.2. The van der Waals surface area contributed by atoms with Gasteiger partial charge in [0.15, 0.2) is 18.1 Å². The molecular weight excluding hydrogens is 328 g/mol. The first-order valence-corrected chi connectivity index (χ1v) is 7.81. The van der Waals surface area contributed by atoms with Crippen LogP contribution in [0.1, 0.15) is 33.3 Å². The van der Waals surface area contributed by atoms with E-state index in [1.165, 1.54) is 0 Å². The topological polar surface area (TPSA) is 73.6 Å². The summed E-state index contributed by atoms with van der Waals surface area (Å²) in [5, 5.41) is 2.94. The summed E-state index contributed by atoms with van der Waals surface area (Å²) in [6, 6.07) is 5.57. The highest BCUT2D eigenvalue weighted by Crippen LogP contribution is 2.28. The summed E-state index contributed by atoms with van der Waals surface area (Å²) in [6.45, 7) is 8.22. The summed E-state index contributed by atoms with van der Waals surface area (Å²) >= 11 is 0. The van der Waals surface area contributed by atoms with E-state index in [0.29, 0.717) is 18.0 Å². The van der Waals surface area contributed by atoms with Gasteiger partial charge in [0.25, 0.3) is 5.91 Å². The number of rotatable bonds is 8. The molecule has 3 N–H and O–H groups in total. The lowest BCUT2D eigenvalue weighted by atomic mass is 9.88. The van der Waals surface area contributed by atoms with Gasteiger partial charge in [-0.25, -0.2) is 0 Å². The molecule has 0 aliphatic carbocycles. The number of nitrogens with one attached hydrogen (secondary N) is 1. The fraction of sp³-hybridized carbons (Fsp3) is 0.500. The first-order chi connectivity index (χ1) is 10.9. The van der Waals surface area contributed by atoms with Crippen LogP contribution in [0.5, 0.6) is 11.5 Å². The minimum atomic E-state index is -0.444. The molecule has 1 aromatic carbocycles. The average Bonchev–Trinajstić information content (AvgIpc) is 2.53. The van der Waals surface area contributed by atoms with Gasteiger partial charge in [-0.2, -0.15) is 0 Å². The predicted molar refractivity (Wildman–Crippen MR) is 101 cm³/mol. The Bertz CT molecular complexity index is 561. The molecule has 1 unspecified atom stereocenters. The summed E-state index contributed by atoms with van der Waals surface area (Å²) in [5.74, 6) is 1.16. The first kappa shape index (κ1) is 22.3. The van der Waals surface area contributed by atoms with Gasteiger partial charge in [-0.3, -0.25) is 4.79 Å². The molecule has 0 heterocycles. The van der Waals surface area contributed by atoms with Gasteiger partial charge in [0.2, 0.25) is 0 Å². The fourth-order valence-electron chi connectivity index (χ4n) is 2.03. The summed E-state index contributed by atoms with van der Waals surface area (Å²) in [4.78, 5) is 12.1. The van der Waals surface area contributed by atoms with Crippen LogP contribution < -0.4 is 20.5 Å². The van der Waals surface area contributed by atoms with Crippen molar-refractivity contribution < 1.29 is 14.3 Å². The van der Waals surface area contributed by atoms with E-state index in [4.69, 9.17) is 15.2 Å². The molecule has 1 aromatic rings. The Balaban J connectivity index is 0.00000529. The quantitative estimate of drug-likeness (QED) is 0.750. The number of ether oxygens (including phenoxy) is 2. The molecule has 1 atom stereocenters. The molecule has 1 rings (SSSR count). The van der Waals surface area contributed by atoms with E-state index in [2.05, 4.69) is 5.32 Å². The standard InChI is InChI=1S/C18H28N2O3.ClH/c1-6-7-14-8-9-15(16(10-14)22-5)23-11-17(21)20-18(4,12-19)13(2)3;/h6-10,13H,11-12,19H2,1-5H3,(H,20,21);1H/b7-6+;. The molecule has 24 heavy (non-hydrogen) atoms. The zero-order valence-corrected chi connectivity index (χ0v) is 15.9. The number of hydrogen-bond donors (Lipinski definition) is 2. The lowest BCUT2D eigenvalue weighted by Gasteiger charge is -2.33. The molecule has 0 aromatic heterocycles. The number of amides is 1. The minimum Gasteiger partial charge on any atom is -0.493 e. The zero-order chi connectivity index (χ0) is 17.5. The van der Waals surface area contributed by atoms with Gasteiger partial charge >= 0.3 is 0 Å². The van der Waals surface area contributed by atoms with Gasteiger partial charge in [-0.1, -0.05) is 32.1 Å². The molecule has 5 nitrogen and oxygen atoms in total. The highest BCUT2D eigenvalue weighted by atomic mass is 35.5. The van der Waals surface area contributed by atoms with Crippen molar-refractivity contribution in [3.8, 4) is 11.5 Å². The largest absolute Gasteiger partial charge is 0.493 e. The van der Waals surface area contributed by atoms with E-state index in [1.54, 1.807) is 13.2 Å². The van der Waals surface area contributed by atoms with Crippen LogP contribution >= 0.6 is 12.4 Å². The van der Waals surface area contributed by atoms with Gasteiger partial charge in [0, 0.05) is 6.54 Å². The van der Waals surface area contributed by atoms with E-state index in [-0.39, 0.29) is 30.8 Å². The van der Waals surface area contributed by atoms with Crippen molar-refractivity contribution >= 4 is 24.4 Å². The number of halogens is 1. The van der Waals surface area contributed by atoms with Gasteiger partial charge in [0.1, 0.15) is 0 Å². The summed E-state index contributed by atoms with van der Waals surface area (Å²) in [5.41, 5.74) is 6.34. The van der Waals surface area contributed by atoms with Crippen LogP contribution in [0.4, 0.5) is 0 Å². The Hall–Kier alpha value is -1.72. The Morgan fingerprint density at radius 1 is 1.38 bits per heavy atom. The third kappa shape index (κ3) is 6.06. The van der Waals surface area contributed by atoms with Crippen molar-refractivity contribution in [1.29, 1.82) is 0 Å². The molecule has 0 radical (unpaired) electrons. The molecule has 0 aliphatic rings. The molecule has 0 fully saturated rings. The predicted octanol–water partition coefficient (Wildman–Crippen LogP) is 3.02. The van der Waals surface area contributed by atoms with Crippen molar-refractivity contribution in [3.63, 3.8) is 0 Å². The van der Waals surface area contributed by atoms with Gasteiger partial charge in [-0.15, -0.1) is 12.4 Å². The SMILES string of the molecule is C/C=C/c1ccc(OCC(=O)NC(C)(CN)C(C)C)c(OC)c1.Cl. The van der Waals surface area contributed by atoms with Gasteiger partial charge < -0.3 is 20.5 Å². The lowest BCUT2D eigenvalue weighted by Crippen LogP contribution is -2.56. The molecule has 136 valence electrons. The third-order valence-corrected chi connectivity index (χ3v) is 4.03.